The molecule has 1 amide bonds. The van der Waals surface area contributed by atoms with Crippen molar-refractivity contribution in [3.63, 3.8) is 0 Å². The topological polar surface area (TPSA) is 63.7 Å². The molecule has 1 aliphatic heterocycles. The Balaban J connectivity index is 1.82. The number of nitrogens with zero attached hydrogens (tertiary/aromatic N) is 1. The summed E-state index contributed by atoms with van der Waals surface area (Å²) in [6.45, 7) is 2.23. The number of amides is 1. The van der Waals surface area contributed by atoms with Crippen molar-refractivity contribution in [1.29, 1.82) is 0 Å². The molecule has 2 aromatic carbocycles. The van der Waals surface area contributed by atoms with Crippen LogP contribution in [-0.4, -0.2) is 34.7 Å². The molecular formula is C25H23NO4. The largest absolute Gasteiger partial charge is 0.465 e. The molecule has 2 aliphatic rings. The number of ether oxygens (including phenoxy) is 1. The van der Waals surface area contributed by atoms with E-state index in [4.69, 9.17) is 4.74 Å². The van der Waals surface area contributed by atoms with Crippen LogP contribution in [0, 0.1) is 5.41 Å². The van der Waals surface area contributed by atoms with E-state index < -0.39 is 16.9 Å². The minimum atomic E-state index is -1.45. The second-order valence-electron chi connectivity index (χ2n) is 7.56. The van der Waals surface area contributed by atoms with Gasteiger partial charge in [-0.05, 0) is 42.4 Å². The molecule has 1 spiro atoms. The molecule has 0 unspecified atom stereocenters. The molecule has 1 heterocycles. The molecule has 152 valence electrons. The zero-order valence-corrected chi connectivity index (χ0v) is 16.8. The standard InChI is InChI=1S/C25H23NO4/c1-2-30-23(29)25(17-19-9-5-3-6-10-19)22(28)26(18-20-11-7-4-8-12-20)24(25)15-13-21(27)14-16-24/h3-16H,2,17-18H2,1H3/t25-/m0/s1. The molecule has 0 aromatic heterocycles. The Morgan fingerprint density at radius 2 is 1.47 bits per heavy atom. The van der Waals surface area contributed by atoms with E-state index in [1.54, 1.807) is 24.0 Å². The van der Waals surface area contributed by atoms with Crippen molar-refractivity contribution in [3.8, 4) is 0 Å². The third-order valence-corrected chi connectivity index (χ3v) is 5.86. The van der Waals surface area contributed by atoms with Crippen LogP contribution in [0.4, 0.5) is 0 Å². The summed E-state index contributed by atoms with van der Waals surface area (Å²) in [7, 11) is 0. The van der Waals surface area contributed by atoms with Crippen LogP contribution in [0.15, 0.2) is 85.0 Å². The van der Waals surface area contributed by atoms with Gasteiger partial charge in [-0.25, -0.2) is 0 Å². The van der Waals surface area contributed by atoms with Crippen LogP contribution >= 0.6 is 0 Å². The Kier molecular flexibility index (Phi) is 5.12. The van der Waals surface area contributed by atoms with Crippen LogP contribution in [0.1, 0.15) is 18.1 Å². The van der Waals surface area contributed by atoms with Crippen molar-refractivity contribution >= 4 is 17.7 Å². The van der Waals surface area contributed by atoms with Crippen molar-refractivity contribution < 1.29 is 19.1 Å². The van der Waals surface area contributed by atoms with E-state index in [-0.39, 0.29) is 24.7 Å². The lowest BCUT2D eigenvalue weighted by atomic mass is 9.56. The summed E-state index contributed by atoms with van der Waals surface area (Å²) in [6.07, 6.45) is 6.42. The third kappa shape index (κ3) is 2.98. The lowest BCUT2D eigenvalue weighted by Gasteiger charge is -2.61. The third-order valence-electron chi connectivity index (χ3n) is 5.86. The van der Waals surface area contributed by atoms with Crippen LogP contribution in [0.5, 0.6) is 0 Å². The first kappa shape index (κ1) is 19.8. The second kappa shape index (κ2) is 7.75. The average molecular weight is 401 g/mol. The van der Waals surface area contributed by atoms with Crippen molar-refractivity contribution in [3.05, 3.63) is 96.1 Å². The number of rotatable bonds is 6. The van der Waals surface area contributed by atoms with Gasteiger partial charge in [-0.2, -0.15) is 0 Å². The fourth-order valence-electron chi connectivity index (χ4n) is 4.41. The van der Waals surface area contributed by atoms with E-state index >= 15 is 0 Å². The van der Waals surface area contributed by atoms with Gasteiger partial charge in [0.15, 0.2) is 11.2 Å². The van der Waals surface area contributed by atoms with Crippen molar-refractivity contribution in [2.75, 3.05) is 6.61 Å². The molecule has 0 bridgehead atoms. The summed E-state index contributed by atoms with van der Waals surface area (Å²) in [4.78, 5) is 40.5. The zero-order chi connectivity index (χ0) is 21.2. The lowest BCUT2D eigenvalue weighted by molar-refractivity contribution is -0.196. The first-order chi connectivity index (χ1) is 14.5. The average Bonchev–Trinajstić information content (AvgIpc) is 2.78. The van der Waals surface area contributed by atoms with Crippen LogP contribution in [0.25, 0.3) is 0 Å². The molecule has 1 aliphatic carbocycles. The Labute approximate surface area is 175 Å². The number of esters is 1. The number of β-lactam (4-membered cyclic amide) rings is 1. The van der Waals surface area contributed by atoms with Crippen molar-refractivity contribution in [2.45, 2.75) is 25.4 Å². The number of hydrogen-bond acceptors (Lipinski definition) is 4. The Morgan fingerprint density at radius 3 is 2.03 bits per heavy atom. The summed E-state index contributed by atoms with van der Waals surface area (Å²) < 4.78 is 5.41. The molecule has 30 heavy (non-hydrogen) atoms. The van der Waals surface area contributed by atoms with Gasteiger partial charge < -0.3 is 9.64 Å². The molecule has 5 nitrogen and oxygen atoms in total. The van der Waals surface area contributed by atoms with Gasteiger partial charge in [0.25, 0.3) is 0 Å². The molecule has 1 fully saturated rings. The van der Waals surface area contributed by atoms with E-state index in [0.29, 0.717) is 6.54 Å². The molecule has 5 heteroatoms. The Bertz CT molecular complexity index is 1010. The summed E-state index contributed by atoms with van der Waals surface area (Å²) >= 11 is 0. The van der Waals surface area contributed by atoms with E-state index in [1.807, 2.05) is 60.7 Å². The van der Waals surface area contributed by atoms with E-state index in [9.17, 15) is 14.4 Å². The molecule has 1 atom stereocenters. The summed E-state index contributed by atoms with van der Waals surface area (Å²) in [5, 5.41) is 0. The maximum Gasteiger partial charge on any atom is 0.325 e. The number of benzene rings is 2. The van der Waals surface area contributed by atoms with Gasteiger partial charge in [-0.3, -0.25) is 14.4 Å². The van der Waals surface area contributed by atoms with Gasteiger partial charge in [0.1, 0.15) is 5.54 Å². The van der Waals surface area contributed by atoms with Crippen LogP contribution < -0.4 is 0 Å². The quantitative estimate of drug-likeness (QED) is 0.423. The molecule has 2 aromatic rings. The predicted octanol–water partition coefficient (Wildman–Crippen LogP) is 3.25. The second-order valence-corrected chi connectivity index (χ2v) is 7.56. The highest BCUT2D eigenvalue weighted by molar-refractivity contribution is 6.13. The normalized spacial score (nSPS) is 21.6. The van der Waals surface area contributed by atoms with Crippen LogP contribution in [-0.2, 0) is 32.1 Å². The van der Waals surface area contributed by atoms with E-state index in [0.717, 1.165) is 11.1 Å². The highest BCUT2D eigenvalue weighted by atomic mass is 16.5. The summed E-state index contributed by atoms with van der Waals surface area (Å²) in [6, 6.07) is 19.0. The molecule has 0 radical (unpaired) electrons. The summed E-state index contributed by atoms with van der Waals surface area (Å²) in [5.74, 6) is -1.03. The molecule has 4 rings (SSSR count). The maximum atomic E-state index is 13.6. The van der Waals surface area contributed by atoms with E-state index in [1.165, 1.54) is 12.2 Å². The SMILES string of the molecule is CCOC(=O)[C@]1(Cc2ccccc2)C(=O)N(Cc2ccccc2)C12C=CC(=O)C=C2. The number of allylic oxidation sites excluding steroid dienone is 2. The fraction of sp³-hybridized carbons (Fsp3) is 0.240. The van der Waals surface area contributed by atoms with Gasteiger partial charge >= 0.3 is 5.97 Å². The van der Waals surface area contributed by atoms with Crippen LogP contribution in [0.3, 0.4) is 0 Å². The highest BCUT2D eigenvalue weighted by Crippen LogP contribution is 2.55. The van der Waals surface area contributed by atoms with Crippen molar-refractivity contribution in [1.82, 2.24) is 4.90 Å². The number of ketones is 1. The fourth-order valence-corrected chi connectivity index (χ4v) is 4.41. The van der Waals surface area contributed by atoms with E-state index in [2.05, 4.69) is 0 Å². The molecule has 1 saturated heterocycles. The van der Waals surface area contributed by atoms with Crippen molar-refractivity contribution in [2.24, 2.45) is 5.41 Å². The monoisotopic (exact) mass is 401 g/mol. The number of likely N-dealkylation sites (tertiary alicyclic amines) is 1. The Morgan fingerprint density at radius 1 is 0.900 bits per heavy atom. The van der Waals surface area contributed by atoms with Gasteiger partial charge in [-0.15, -0.1) is 0 Å². The number of carbonyl (C=O) groups is 3. The summed E-state index contributed by atoms with van der Waals surface area (Å²) in [5.41, 5.74) is -0.708. The zero-order valence-electron chi connectivity index (χ0n) is 16.8. The highest BCUT2D eigenvalue weighted by Gasteiger charge is 2.74. The first-order valence-electron chi connectivity index (χ1n) is 10.0. The minimum absolute atomic E-state index is 0.169. The predicted molar refractivity (Wildman–Crippen MR) is 112 cm³/mol. The number of carbonyl (C=O) groups excluding carboxylic acids is 3. The minimum Gasteiger partial charge on any atom is -0.465 e. The van der Waals surface area contributed by atoms with Gasteiger partial charge in [0.2, 0.25) is 5.91 Å². The smallest absolute Gasteiger partial charge is 0.325 e. The molecular weight excluding hydrogens is 378 g/mol. The lowest BCUT2D eigenvalue weighted by Crippen LogP contribution is -2.79. The number of hydrogen-bond donors (Lipinski definition) is 0. The van der Waals surface area contributed by atoms with Crippen LogP contribution in [0.2, 0.25) is 0 Å². The molecule has 0 N–H and O–H groups in total. The van der Waals surface area contributed by atoms with Gasteiger partial charge in [0.05, 0.1) is 6.61 Å². The molecule has 0 saturated carbocycles. The first-order valence-corrected chi connectivity index (χ1v) is 10.0. The Hall–Kier alpha value is -3.47. The van der Waals surface area contributed by atoms with Gasteiger partial charge in [0, 0.05) is 13.0 Å². The van der Waals surface area contributed by atoms with Gasteiger partial charge in [-0.1, -0.05) is 60.7 Å². The maximum absolute atomic E-state index is 13.6.